The van der Waals surface area contributed by atoms with Gasteiger partial charge in [-0.15, -0.1) is 0 Å². The number of hydrogen-bond acceptors (Lipinski definition) is 2. The lowest BCUT2D eigenvalue weighted by molar-refractivity contribution is 0.112. The van der Waals surface area contributed by atoms with Crippen LogP contribution in [0.5, 0.6) is 0 Å². The molecule has 108 valence electrons. The summed E-state index contributed by atoms with van der Waals surface area (Å²) in [5.74, 6) is -0.261. The standard InChI is InChI=1S/C19H14FNO/c20-16-9-11-17(12-10-16)21-19-4-2-1-3-18(19)15-7-5-14(13-22)6-8-15/h1-13,21H. The first-order valence-electron chi connectivity index (χ1n) is 6.93. The van der Waals surface area contributed by atoms with Crippen LogP contribution in [0.3, 0.4) is 0 Å². The fourth-order valence-corrected chi connectivity index (χ4v) is 2.27. The lowest BCUT2D eigenvalue weighted by Gasteiger charge is -2.12. The molecule has 2 nitrogen and oxygen atoms in total. The van der Waals surface area contributed by atoms with Crippen LogP contribution in [-0.4, -0.2) is 6.29 Å². The molecule has 3 heteroatoms. The maximum atomic E-state index is 13.0. The van der Waals surface area contributed by atoms with E-state index in [1.807, 2.05) is 36.4 Å². The average molecular weight is 291 g/mol. The molecule has 0 amide bonds. The van der Waals surface area contributed by atoms with Crippen molar-refractivity contribution in [2.75, 3.05) is 5.32 Å². The Morgan fingerprint density at radius 1 is 0.818 bits per heavy atom. The molecule has 0 radical (unpaired) electrons. The van der Waals surface area contributed by atoms with E-state index < -0.39 is 0 Å². The molecule has 0 saturated heterocycles. The quantitative estimate of drug-likeness (QED) is 0.682. The number of rotatable bonds is 4. The van der Waals surface area contributed by atoms with E-state index in [4.69, 9.17) is 0 Å². The summed E-state index contributed by atoms with van der Waals surface area (Å²) in [5, 5.41) is 3.29. The van der Waals surface area contributed by atoms with Gasteiger partial charge in [0.15, 0.2) is 0 Å². The Kier molecular flexibility index (Phi) is 3.97. The van der Waals surface area contributed by atoms with Crippen molar-refractivity contribution in [3.63, 3.8) is 0 Å². The maximum Gasteiger partial charge on any atom is 0.150 e. The van der Waals surface area contributed by atoms with Gasteiger partial charge in [-0.05, 0) is 35.9 Å². The molecule has 0 fully saturated rings. The first kappa shape index (κ1) is 14.0. The lowest BCUT2D eigenvalue weighted by Crippen LogP contribution is -1.93. The first-order valence-corrected chi connectivity index (χ1v) is 6.93. The van der Waals surface area contributed by atoms with Crippen molar-refractivity contribution in [2.45, 2.75) is 0 Å². The van der Waals surface area contributed by atoms with E-state index in [0.29, 0.717) is 5.56 Å². The van der Waals surface area contributed by atoms with Gasteiger partial charge in [0.2, 0.25) is 0 Å². The van der Waals surface area contributed by atoms with Crippen LogP contribution in [0.15, 0.2) is 72.8 Å². The van der Waals surface area contributed by atoms with E-state index >= 15 is 0 Å². The molecular formula is C19H14FNO. The molecule has 0 unspecified atom stereocenters. The monoisotopic (exact) mass is 291 g/mol. The van der Waals surface area contributed by atoms with Gasteiger partial charge >= 0.3 is 0 Å². The van der Waals surface area contributed by atoms with Gasteiger partial charge in [-0.1, -0.05) is 42.5 Å². The van der Waals surface area contributed by atoms with Crippen molar-refractivity contribution in [3.8, 4) is 11.1 Å². The minimum absolute atomic E-state index is 0.261. The third-order valence-corrected chi connectivity index (χ3v) is 3.41. The van der Waals surface area contributed by atoms with E-state index in [9.17, 15) is 9.18 Å². The van der Waals surface area contributed by atoms with Crippen LogP contribution in [0.4, 0.5) is 15.8 Å². The van der Waals surface area contributed by atoms with E-state index in [1.165, 1.54) is 12.1 Å². The summed E-state index contributed by atoms with van der Waals surface area (Å²) in [6.07, 6.45) is 0.826. The number of benzene rings is 3. The van der Waals surface area contributed by atoms with Crippen molar-refractivity contribution in [3.05, 3.63) is 84.2 Å². The van der Waals surface area contributed by atoms with Crippen molar-refractivity contribution in [1.82, 2.24) is 0 Å². The molecule has 22 heavy (non-hydrogen) atoms. The average Bonchev–Trinajstić information content (AvgIpc) is 2.58. The molecule has 0 saturated carbocycles. The number of anilines is 2. The highest BCUT2D eigenvalue weighted by Gasteiger charge is 2.05. The number of halogens is 1. The highest BCUT2D eigenvalue weighted by molar-refractivity contribution is 5.83. The summed E-state index contributed by atoms with van der Waals surface area (Å²) in [7, 11) is 0. The van der Waals surface area contributed by atoms with E-state index in [0.717, 1.165) is 28.8 Å². The van der Waals surface area contributed by atoms with Crippen LogP contribution in [0.2, 0.25) is 0 Å². The van der Waals surface area contributed by atoms with Crippen molar-refractivity contribution in [2.24, 2.45) is 0 Å². The van der Waals surface area contributed by atoms with E-state index in [2.05, 4.69) is 5.32 Å². The van der Waals surface area contributed by atoms with Gasteiger partial charge in [-0.25, -0.2) is 4.39 Å². The maximum absolute atomic E-state index is 13.0. The highest BCUT2D eigenvalue weighted by Crippen LogP contribution is 2.30. The molecule has 3 aromatic carbocycles. The number of nitrogens with one attached hydrogen (secondary N) is 1. The molecule has 0 aliphatic heterocycles. The van der Waals surface area contributed by atoms with Crippen LogP contribution in [-0.2, 0) is 0 Å². The van der Waals surface area contributed by atoms with Gasteiger partial charge < -0.3 is 5.32 Å². The van der Waals surface area contributed by atoms with Gasteiger partial charge in [0.1, 0.15) is 12.1 Å². The lowest BCUT2D eigenvalue weighted by atomic mass is 10.0. The second-order valence-electron chi connectivity index (χ2n) is 4.92. The predicted molar refractivity (Wildman–Crippen MR) is 86.9 cm³/mol. The minimum Gasteiger partial charge on any atom is -0.355 e. The summed E-state index contributed by atoms with van der Waals surface area (Å²) in [6.45, 7) is 0. The summed E-state index contributed by atoms with van der Waals surface area (Å²) in [5.41, 5.74) is 4.42. The Hall–Kier alpha value is -2.94. The largest absolute Gasteiger partial charge is 0.355 e. The molecular weight excluding hydrogens is 277 g/mol. The molecule has 1 N–H and O–H groups in total. The predicted octanol–water partition coefficient (Wildman–Crippen LogP) is 5.05. The van der Waals surface area contributed by atoms with Crippen molar-refractivity contribution in [1.29, 1.82) is 0 Å². The van der Waals surface area contributed by atoms with Crippen LogP contribution in [0.1, 0.15) is 10.4 Å². The Labute approximate surface area is 128 Å². The molecule has 0 aromatic heterocycles. The second kappa shape index (κ2) is 6.22. The third kappa shape index (κ3) is 3.04. The van der Waals surface area contributed by atoms with E-state index in [1.54, 1.807) is 24.3 Å². The van der Waals surface area contributed by atoms with Crippen LogP contribution < -0.4 is 5.32 Å². The van der Waals surface area contributed by atoms with Crippen molar-refractivity contribution >= 4 is 17.7 Å². The Morgan fingerprint density at radius 2 is 1.50 bits per heavy atom. The van der Waals surface area contributed by atoms with Crippen LogP contribution >= 0.6 is 0 Å². The number of carbonyl (C=O) groups is 1. The summed E-state index contributed by atoms with van der Waals surface area (Å²) in [4.78, 5) is 10.7. The smallest absolute Gasteiger partial charge is 0.150 e. The Balaban J connectivity index is 1.95. The van der Waals surface area contributed by atoms with Crippen LogP contribution in [0, 0.1) is 5.82 Å². The molecule has 0 aliphatic carbocycles. The summed E-state index contributed by atoms with van der Waals surface area (Å²) < 4.78 is 13.0. The van der Waals surface area contributed by atoms with E-state index in [-0.39, 0.29) is 5.82 Å². The molecule has 0 atom stereocenters. The molecule has 0 spiro atoms. The summed E-state index contributed by atoms with van der Waals surface area (Å²) in [6, 6.07) is 21.5. The second-order valence-corrected chi connectivity index (χ2v) is 4.92. The zero-order chi connectivity index (χ0) is 15.4. The number of hydrogen-bond donors (Lipinski definition) is 1. The SMILES string of the molecule is O=Cc1ccc(-c2ccccc2Nc2ccc(F)cc2)cc1. The highest BCUT2D eigenvalue weighted by atomic mass is 19.1. The number of carbonyl (C=O) groups excluding carboxylic acids is 1. The van der Waals surface area contributed by atoms with Crippen molar-refractivity contribution < 1.29 is 9.18 Å². The van der Waals surface area contributed by atoms with Gasteiger partial charge in [0.05, 0.1) is 0 Å². The molecule has 0 heterocycles. The van der Waals surface area contributed by atoms with Gasteiger partial charge in [-0.2, -0.15) is 0 Å². The Morgan fingerprint density at radius 3 is 2.18 bits per heavy atom. The summed E-state index contributed by atoms with van der Waals surface area (Å²) >= 11 is 0. The Bertz CT molecular complexity index is 779. The fraction of sp³-hybridized carbons (Fsp3) is 0. The van der Waals surface area contributed by atoms with Gasteiger partial charge in [0, 0.05) is 22.5 Å². The topological polar surface area (TPSA) is 29.1 Å². The van der Waals surface area contributed by atoms with Gasteiger partial charge in [0.25, 0.3) is 0 Å². The first-order chi connectivity index (χ1) is 10.8. The van der Waals surface area contributed by atoms with Crippen LogP contribution in [0.25, 0.3) is 11.1 Å². The number of para-hydroxylation sites is 1. The third-order valence-electron chi connectivity index (χ3n) is 3.41. The van der Waals surface area contributed by atoms with Gasteiger partial charge in [-0.3, -0.25) is 4.79 Å². The molecule has 0 bridgehead atoms. The normalized spacial score (nSPS) is 10.2. The molecule has 3 rings (SSSR count). The fourth-order valence-electron chi connectivity index (χ4n) is 2.27. The minimum atomic E-state index is -0.261. The number of aldehydes is 1. The molecule has 0 aliphatic rings. The zero-order valence-electron chi connectivity index (χ0n) is 11.8. The molecule has 3 aromatic rings. The zero-order valence-corrected chi connectivity index (χ0v) is 11.8.